The number of carbonyl (C=O) groups excluding carboxylic acids is 1. The quantitative estimate of drug-likeness (QED) is 0.371. The van der Waals surface area contributed by atoms with Gasteiger partial charge in [-0.1, -0.05) is 6.07 Å². The van der Waals surface area contributed by atoms with Crippen LogP contribution in [-0.4, -0.2) is 36.1 Å². The van der Waals surface area contributed by atoms with E-state index in [1.807, 2.05) is 17.0 Å². The molecule has 4 rings (SSSR count). The number of nitrogens with zero attached hydrogens (tertiary/aromatic N) is 5. The summed E-state index contributed by atoms with van der Waals surface area (Å²) in [4.78, 5) is 24.0. The normalized spacial score (nSPS) is 18.4. The Kier molecular flexibility index (Phi) is 4.99. The number of aliphatic imine (C=N–C) groups is 1. The molecule has 1 aromatic heterocycles. The Morgan fingerprint density at radius 1 is 1.45 bits per heavy atom. The lowest BCUT2D eigenvalue weighted by atomic mass is 10.2. The molecule has 1 N–H and O–H groups in total. The van der Waals surface area contributed by atoms with Crippen LogP contribution < -0.4 is 15.1 Å². The molecule has 0 bridgehead atoms. The van der Waals surface area contributed by atoms with Crippen LogP contribution in [0, 0.1) is 17.3 Å². The zero-order chi connectivity index (χ0) is 20.4. The summed E-state index contributed by atoms with van der Waals surface area (Å²) < 4.78 is 20.1. The zero-order valence-electron chi connectivity index (χ0n) is 15.8. The lowest BCUT2D eigenvalue weighted by Crippen LogP contribution is -2.26. The molecule has 0 spiro atoms. The second-order valence-corrected chi connectivity index (χ2v) is 6.88. The van der Waals surface area contributed by atoms with Crippen molar-refractivity contribution in [2.75, 3.05) is 22.9 Å². The van der Waals surface area contributed by atoms with Crippen molar-refractivity contribution in [1.29, 1.82) is 5.26 Å². The van der Waals surface area contributed by atoms with Crippen LogP contribution in [-0.2, 0) is 17.8 Å². The van der Waals surface area contributed by atoms with Crippen LogP contribution in [0.3, 0.4) is 0 Å². The van der Waals surface area contributed by atoms with Crippen LogP contribution in [0.25, 0.3) is 0 Å². The molecule has 0 aliphatic carbocycles. The van der Waals surface area contributed by atoms with E-state index in [1.165, 1.54) is 11.0 Å². The summed E-state index contributed by atoms with van der Waals surface area (Å²) in [5.41, 5.74) is 2.94. The van der Waals surface area contributed by atoms with Gasteiger partial charge in [-0.05, 0) is 36.8 Å². The third kappa shape index (κ3) is 3.82. The maximum absolute atomic E-state index is 14.8. The van der Waals surface area contributed by atoms with Crippen molar-refractivity contribution in [1.82, 2.24) is 10.3 Å². The van der Waals surface area contributed by atoms with E-state index < -0.39 is 18.0 Å². The third-order valence-electron chi connectivity index (χ3n) is 4.91. The smallest absolute Gasteiger partial charge is 0.414 e. The second kappa shape index (κ2) is 7.75. The molecule has 1 atom stereocenters. The first kappa shape index (κ1) is 18.7. The summed E-state index contributed by atoms with van der Waals surface area (Å²) in [6.45, 7) is 3.29. The van der Waals surface area contributed by atoms with Gasteiger partial charge in [0, 0.05) is 12.7 Å². The van der Waals surface area contributed by atoms with Crippen molar-refractivity contribution < 1.29 is 13.9 Å². The molecule has 2 aromatic rings. The molecule has 1 amide bonds. The average Bonchev–Trinajstić information content (AvgIpc) is 3.29. The summed E-state index contributed by atoms with van der Waals surface area (Å²) in [5.74, 6) is 0.0390. The minimum absolute atomic E-state index is 0.225. The van der Waals surface area contributed by atoms with E-state index >= 15 is 0 Å². The van der Waals surface area contributed by atoms with Gasteiger partial charge >= 0.3 is 6.09 Å². The highest BCUT2D eigenvalue weighted by molar-refractivity contribution is 5.90. The topological polar surface area (TPSA) is 93.8 Å². The molecule has 29 heavy (non-hydrogen) atoms. The number of rotatable bonds is 4. The number of hydrogen-bond acceptors (Lipinski definition) is 6. The minimum atomic E-state index is -0.541. The van der Waals surface area contributed by atoms with Gasteiger partial charge in [-0.3, -0.25) is 20.2 Å². The van der Waals surface area contributed by atoms with Crippen LogP contribution in [0.1, 0.15) is 18.2 Å². The third-order valence-corrected chi connectivity index (χ3v) is 4.91. The summed E-state index contributed by atoms with van der Waals surface area (Å²) in [7, 11) is 0. The van der Waals surface area contributed by atoms with E-state index in [4.69, 9.17) is 10.00 Å². The molecule has 1 aromatic carbocycles. The van der Waals surface area contributed by atoms with Gasteiger partial charge < -0.3 is 9.64 Å². The molecule has 1 fully saturated rings. The number of benzene rings is 1. The van der Waals surface area contributed by atoms with Gasteiger partial charge in [0.2, 0.25) is 0 Å². The van der Waals surface area contributed by atoms with E-state index in [9.17, 15) is 9.18 Å². The molecule has 1 saturated heterocycles. The monoisotopic (exact) mass is 394 g/mol. The van der Waals surface area contributed by atoms with Gasteiger partial charge in [0.15, 0.2) is 6.19 Å². The first-order valence-electron chi connectivity index (χ1n) is 9.16. The van der Waals surface area contributed by atoms with Crippen LogP contribution in [0.2, 0.25) is 0 Å². The molecule has 0 saturated carbocycles. The number of carbonyl (C=O) groups is 1. The largest absolute Gasteiger partial charge is 0.442 e. The Hall–Kier alpha value is -3.67. The summed E-state index contributed by atoms with van der Waals surface area (Å²) >= 11 is 0. The van der Waals surface area contributed by atoms with Crippen LogP contribution in [0.4, 0.5) is 20.6 Å². The van der Waals surface area contributed by atoms with Crippen molar-refractivity contribution >= 4 is 23.3 Å². The summed E-state index contributed by atoms with van der Waals surface area (Å²) in [6, 6.07) is 8.60. The highest BCUT2D eigenvalue weighted by atomic mass is 19.1. The number of cyclic esters (lactones) is 1. The molecule has 148 valence electrons. The van der Waals surface area contributed by atoms with Gasteiger partial charge in [0.1, 0.15) is 17.8 Å². The number of halogens is 1. The number of nitriles is 1. The number of amides is 1. The molecule has 9 heteroatoms. The zero-order valence-corrected chi connectivity index (χ0v) is 15.8. The van der Waals surface area contributed by atoms with E-state index in [1.54, 1.807) is 31.4 Å². The van der Waals surface area contributed by atoms with Gasteiger partial charge in [-0.2, -0.15) is 5.26 Å². The van der Waals surface area contributed by atoms with Gasteiger partial charge in [0.25, 0.3) is 0 Å². The van der Waals surface area contributed by atoms with Crippen LogP contribution in [0.15, 0.2) is 41.5 Å². The number of nitrogens with one attached hydrogen (secondary N) is 1. The summed E-state index contributed by atoms with van der Waals surface area (Å²) in [6.07, 6.45) is 2.51. The first-order chi connectivity index (χ1) is 14.0. The Bertz CT molecular complexity index is 993. The Morgan fingerprint density at radius 2 is 2.31 bits per heavy atom. The summed E-state index contributed by atoms with van der Waals surface area (Å²) in [5, 5.41) is 11.0. The van der Waals surface area contributed by atoms with Gasteiger partial charge in [-0.25, -0.2) is 9.18 Å². The molecule has 2 aliphatic rings. The maximum Gasteiger partial charge on any atom is 0.414 e. The highest BCUT2D eigenvalue weighted by Gasteiger charge is 2.33. The van der Waals surface area contributed by atoms with E-state index in [2.05, 4.69) is 15.3 Å². The minimum Gasteiger partial charge on any atom is -0.442 e. The predicted molar refractivity (Wildman–Crippen MR) is 105 cm³/mol. The molecule has 0 unspecified atom stereocenters. The Balaban J connectivity index is 1.45. The number of anilines is 2. The molecular formula is C20H19FN6O2. The number of aromatic nitrogens is 1. The van der Waals surface area contributed by atoms with Crippen molar-refractivity contribution in [3.05, 3.63) is 53.6 Å². The lowest BCUT2D eigenvalue weighted by molar-refractivity contribution is 0.145. The molecule has 2 aliphatic heterocycles. The van der Waals surface area contributed by atoms with Crippen molar-refractivity contribution in [2.45, 2.75) is 26.1 Å². The number of ether oxygens (including phenoxy) is 1. The fourth-order valence-corrected chi connectivity index (χ4v) is 3.48. The predicted octanol–water partition coefficient (Wildman–Crippen LogP) is 2.56. The van der Waals surface area contributed by atoms with Gasteiger partial charge in [0.05, 0.1) is 36.7 Å². The number of amidine groups is 1. The molecular weight excluding hydrogens is 375 g/mol. The first-order valence-corrected chi connectivity index (χ1v) is 9.16. The molecule has 3 heterocycles. The van der Waals surface area contributed by atoms with Crippen molar-refractivity contribution in [2.24, 2.45) is 4.99 Å². The molecule has 0 radical (unpaired) electrons. The van der Waals surface area contributed by atoms with Crippen LogP contribution >= 0.6 is 0 Å². The highest BCUT2D eigenvalue weighted by Crippen LogP contribution is 2.32. The standard InChI is InChI=1S/C20H19FN6O2/c1-13(25-12-22)24-8-16-10-27(20(28)29-16)15-4-5-19(17(21)7-15)26-9-14-3-2-6-23-18(14)11-26/h2-7,16H,8-11H2,1H3,(H,24,25)/t16-/m0/s1. The van der Waals surface area contributed by atoms with Gasteiger partial charge in [-0.15, -0.1) is 0 Å². The Morgan fingerprint density at radius 3 is 3.07 bits per heavy atom. The number of fused-ring (bicyclic) bond motifs is 1. The van der Waals surface area contributed by atoms with Crippen molar-refractivity contribution in [3.63, 3.8) is 0 Å². The second-order valence-electron chi connectivity index (χ2n) is 6.88. The average molecular weight is 394 g/mol. The van der Waals surface area contributed by atoms with E-state index in [0.717, 1.165) is 11.3 Å². The fraction of sp³-hybridized carbons (Fsp3) is 0.300. The van der Waals surface area contributed by atoms with Crippen molar-refractivity contribution in [3.8, 4) is 6.19 Å². The van der Waals surface area contributed by atoms with Crippen LogP contribution in [0.5, 0.6) is 0 Å². The Labute approximate surface area is 167 Å². The maximum atomic E-state index is 14.8. The molecule has 8 nitrogen and oxygen atoms in total. The number of hydrogen-bond donors (Lipinski definition) is 1. The lowest BCUT2D eigenvalue weighted by Gasteiger charge is -2.20. The SMILES string of the molecule is CC(=NC[C@H]1CN(c2ccc(N3Cc4cccnc4C3)c(F)c2)C(=O)O1)NC#N. The van der Waals surface area contributed by atoms with E-state index in [-0.39, 0.29) is 13.1 Å². The number of pyridine rings is 1. The fourth-order valence-electron chi connectivity index (χ4n) is 3.48. The van der Waals surface area contributed by atoms with E-state index in [0.29, 0.717) is 30.3 Å².